The third-order valence-corrected chi connectivity index (χ3v) is 8.62. The summed E-state index contributed by atoms with van der Waals surface area (Å²) >= 11 is 1.45. The number of nitrogens with zero attached hydrogens (tertiary/aromatic N) is 4. The van der Waals surface area contributed by atoms with Crippen LogP contribution in [-0.2, 0) is 11.3 Å². The number of aryl methyl sites for hydroxylation is 1. The molecule has 0 saturated heterocycles. The minimum absolute atomic E-state index is 0.0973. The number of amides is 1. The van der Waals surface area contributed by atoms with Gasteiger partial charge in [-0.2, -0.15) is 4.98 Å². The lowest BCUT2D eigenvalue weighted by Gasteiger charge is -2.21. The third-order valence-electron chi connectivity index (χ3n) is 7.58. The van der Waals surface area contributed by atoms with Gasteiger partial charge in [0.1, 0.15) is 40.2 Å². The fourth-order valence-corrected chi connectivity index (χ4v) is 6.29. The molecule has 42 heavy (non-hydrogen) atoms. The van der Waals surface area contributed by atoms with Gasteiger partial charge in [-0.3, -0.25) is 4.98 Å². The lowest BCUT2D eigenvalue weighted by Crippen LogP contribution is -2.43. The van der Waals surface area contributed by atoms with E-state index in [9.17, 15) is 23.8 Å². The highest BCUT2D eigenvalue weighted by Crippen LogP contribution is 2.44. The van der Waals surface area contributed by atoms with Crippen molar-refractivity contribution in [2.75, 3.05) is 17.7 Å². The highest BCUT2D eigenvalue weighted by atomic mass is 32.1. The van der Waals surface area contributed by atoms with E-state index in [-0.39, 0.29) is 24.5 Å². The molecule has 14 heteroatoms. The molecule has 0 radical (unpaired) electrons. The van der Waals surface area contributed by atoms with Gasteiger partial charge < -0.3 is 30.9 Å². The summed E-state index contributed by atoms with van der Waals surface area (Å²) in [6.07, 6.45) is 0.842. The lowest BCUT2D eigenvalue weighted by atomic mass is 10.1. The number of aliphatic hydroxyl groups excluding tert-OH is 2. The minimum atomic E-state index is -1.26. The standard InChI is InChI=1S/C28H29F2N7O4S/c1-12-20(26-36-22-19(42-26)8-9-31-21(22)13-6-7-13)25(34-17-10-18(24(39)23(17)38)35-28(40)41-2)37-27(33-12)32-11-14-15(29)4-3-5-16(14)30/h3-5,8-9,13,17-18,23-24,38-39H,6-7,10-11H2,1-2H3,(H,35,40)(H2,32,33,34,37)/t17-,18+,23+,24-/m1/s1. The van der Waals surface area contributed by atoms with Crippen molar-refractivity contribution >= 4 is 39.4 Å². The number of halogens is 2. The largest absolute Gasteiger partial charge is 0.453 e. The number of hydrogen-bond acceptors (Lipinski definition) is 11. The van der Waals surface area contributed by atoms with E-state index in [0.29, 0.717) is 28.0 Å². The molecule has 3 aromatic heterocycles. The Morgan fingerprint density at radius 1 is 1.10 bits per heavy atom. The quantitative estimate of drug-likeness (QED) is 0.202. The minimum Gasteiger partial charge on any atom is -0.453 e. The summed E-state index contributed by atoms with van der Waals surface area (Å²) in [5, 5.41) is 30.7. The van der Waals surface area contributed by atoms with E-state index in [4.69, 9.17) is 4.98 Å². The smallest absolute Gasteiger partial charge is 0.407 e. The molecule has 0 bridgehead atoms. The van der Waals surface area contributed by atoms with Crippen LogP contribution >= 0.6 is 11.3 Å². The normalized spacial score (nSPS) is 21.9. The molecule has 5 N–H and O–H groups in total. The molecule has 1 amide bonds. The zero-order chi connectivity index (χ0) is 29.5. The average molecular weight is 598 g/mol. The zero-order valence-corrected chi connectivity index (χ0v) is 23.6. The fourth-order valence-electron chi connectivity index (χ4n) is 5.22. The number of rotatable bonds is 8. The van der Waals surface area contributed by atoms with Crippen LogP contribution in [0.25, 0.3) is 20.8 Å². The molecule has 0 aliphatic heterocycles. The van der Waals surface area contributed by atoms with Crippen LogP contribution in [0, 0.1) is 18.6 Å². The van der Waals surface area contributed by atoms with Crippen LogP contribution < -0.4 is 16.0 Å². The van der Waals surface area contributed by atoms with Crippen molar-refractivity contribution in [1.82, 2.24) is 25.3 Å². The van der Waals surface area contributed by atoms with E-state index >= 15 is 0 Å². The van der Waals surface area contributed by atoms with Gasteiger partial charge in [-0.05, 0) is 44.4 Å². The molecule has 1 aromatic carbocycles. The molecule has 11 nitrogen and oxygen atoms in total. The number of aliphatic hydroxyl groups is 2. The van der Waals surface area contributed by atoms with Crippen LogP contribution in [0.3, 0.4) is 0 Å². The van der Waals surface area contributed by atoms with E-state index in [0.717, 1.165) is 28.8 Å². The van der Waals surface area contributed by atoms with Gasteiger partial charge >= 0.3 is 6.09 Å². The van der Waals surface area contributed by atoms with Crippen LogP contribution in [0.4, 0.5) is 25.3 Å². The van der Waals surface area contributed by atoms with Gasteiger partial charge in [0.2, 0.25) is 5.95 Å². The van der Waals surface area contributed by atoms with Gasteiger partial charge in [-0.1, -0.05) is 6.07 Å². The molecule has 4 aromatic rings. The number of pyridine rings is 1. The number of carbonyl (C=O) groups excluding carboxylic acids is 1. The summed E-state index contributed by atoms with van der Waals surface area (Å²) < 4.78 is 34.1. The van der Waals surface area contributed by atoms with Crippen LogP contribution in [0.15, 0.2) is 30.5 Å². The van der Waals surface area contributed by atoms with Gasteiger partial charge in [0.25, 0.3) is 0 Å². The maximum atomic E-state index is 14.3. The Kier molecular flexibility index (Phi) is 7.60. The van der Waals surface area contributed by atoms with Crippen molar-refractivity contribution in [3.63, 3.8) is 0 Å². The number of methoxy groups -OCH3 is 1. The summed E-state index contributed by atoms with van der Waals surface area (Å²) in [4.78, 5) is 30.4. The highest BCUT2D eigenvalue weighted by Gasteiger charge is 2.43. The Hall–Kier alpha value is -4.01. The fraction of sp³-hybridized carbons (Fsp3) is 0.393. The maximum Gasteiger partial charge on any atom is 0.407 e. The number of anilines is 2. The SMILES string of the molecule is COC(=O)N[C@H]1C[C@@H](Nc2nc(NCc3c(F)cccc3F)nc(C)c2-c2nc3c(C4CC4)nccc3s2)[C@H](O)[C@@H]1O. The summed E-state index contributed by atoms with van der Waals surface area (Å²) in [5.74, 6) is -0.612. The molecular weight excluding hydrogens is 568 g/mol. The van der Waals surface area contributed by atoms with E-state index in [2.05, 4.69) is 35.6 Å². The third kappa shape index (κ3) is 5.44. The second-order valence-corrected chi connectivity index (χ2v) is 11.5. The van der Waals surface area contributed by atoms with Crippen molar-refractivity contribution in [2.45, 2.75) is 62.9 Å². The Morgan fingerprint density at radius 3 is 2.55 bits per heavy atom. The monoisotopic (exact) mass is 597 g/mol. The first kappa shape index (κ1) is 28.1. The molecule has 2 aliphatic rings. The van der Waals surface area contributed by atoms with E-state index in [1.807, 2.05) is 6.07 Å². The first-order valence-corrected chi connectivity index (χ1v) is 14.3. The van der Waals surface area contributed by atoms with Crippen LogP contribution in [0.2, 0.25) is 0 Å². The number of carbonyl (C=O) groups is 1. The van der Waals surface area contributed by atoms with E-state index in [1.165, 1.54) is 36.6 Å². The Bertz CT molecular complexity index is 1630. The van der Waals surface area contributed by atoms with Crippen molar-refractivity contribution < 1.29 is 28.5 Å². The van der Waals surface area contributed by atoms with Gasteiger partial charge in [0.15, 0.2) is 0 Å². The number of nitrogens with one attached hydrogen (secondary N) is 3. The maximum absolute atomic E-state index is 14.3. The molecule has 2 aliphatic carbocycles. The highest BCUT2D eigenvalue weighted by molar-refractivity contribution is 7.21. The summed E-state index contributed by atoms with van der Waals surface area (Å²) in [7, 11) is 1.21. The predicted octanol–water partition coefficient (Wildman–Crippen LogP) is 3.86. The molecule has 220 valence electrons. The van der Waals surface area contributed by atoms with Crippen LogP contribution in [0.1, 0.15) is 42.1 Å². The van der Waals surface area contributed by atoms with E-state index < -0.39 is 42.0 Å². The van der Waals surface area contributed by atoms with Crippen molar-refractivity contribution in [3.05, 3.63) is 59.0 Å². The first-order valence-electron chi connectivity index (χ1n) is 13.5. The lowest BCUT2D eigenvalue weighted by molar-refractivity contribution is 0.0263. The predicted molar refractivity (Wildman–Crippen MR) is 152 cm³/mol. The topological polar surface area (TPSA) is 154 Å². The summed E-state index contributed by atoms with van der Waals surface area (Å²) in [6, 6.07) is 4.05. The Balaban J connectivity index is 1.37. The van der Waals surface area contributed by atoms with Gasteiger partial charge in [0.05, 0.1) is 40.8 Å². The van der Waals surface area contributed by atoms with Gasteiger partial charge in [-0.25, -0.2) is 23.5 Å². The summed E-state index contributed by atoms with van der Waals surface area (Å²) in [5.41, 5.74) is 2.73. The molecule has 0 spiro atoms. The molecular formula is C28H29F2N7O4S. The molecule has 3 heterocycles. The number of alkyl carbamates (subject to hydrolysis) is 1. The molecule has 6 rings (SSSR count). The van der Waals surface area contributed by atoms with Gasteiger partial charge in [0, 0.05) is 24.2 Å². The second kappa shape index (κ2) is 11.3. The second-order valence-electron chi connectivity index (χ2n) is 10.5. The van der Waals surface area contributed by atoms with Crippen molar-refractivity contribution in [3.8, 4) is 10.6 Å². The Morgan fingerprint density at radius 2 is 1.83 bits per heavy atom. The number of thiazole rings is 1. The van der Waals surface area contributed by atoms with Crippen LogP contribution in [-0.4, -0.2) is 67.6 Å². The first-order chi connectivity index (χ1) is 20.2. The number of aromatic nitrogens is 4. The summed E-state index contributed by atoms with van der Waals surface area (Å²) in [6.45, 7) is 1.56. The van der Waals surface area contributed by atoms with Crippen molar-refractivity contribution in [2.24, 2.45) is 0 Å². The number of hydrogen-bond donors (Lipinski definition) is 5. The average Bonchev–Trinajstić information content (AvgIpc) is 3.67. The zero-order valence-electron chi connectivity index (χ0n) is 22.8. The number of benzene rings is 1. The molecule has 0 unspecified atom stereocenters. The van der Waals surface area contributed by atoms with Crippen molar-refractivity contribution in [1.29, 1.82) is 0 Å². The number of ether oxygens (including phenoxy) is 1. The van der Waals surface area contributed by atoms with Crippen LogP contribution in [0.5, 0.6) is 0 Å². The molecule has 4 atom stereocenters. The molecule has 2 fully saturated rings. The number of fused-ring (bicyclic) bond motifs is 1. The molecule has 2 saturated carbocycles. The van der Waals surface area contributed by atoms with Gasteiger partial charge in [-0.15, -0.1) is 11.3 Å². The van der Waals surface area contributed by atoms with E-state index in [1.54, 1.807) is 13.1 Å². The Labute approximate surface area is 243 Å².